The zero-order valence-electron chi connectivity index (χ0n) is 18.8. The highest BCUT2D eigenvalue weighted by Crippen LogP contribution is 2.31. The normalized spacial score (nSPS) is 10.7. The largest absolute Gasteiger partial charge is 0.437 e. The summed E-state index contributed by atoms with van der Waals surface area (Å²) in [5, 5.41) is 21.3. The number of hydrogen-bond donors (Lipinski definition) is 2. The number of aliphatic hydroxyl groups is 1. The van der Waals surface area contributed by atoms with Crippen LogP contribution in [0.15, 0.2) is 43.0 Å². The molecule has 4 aromatic rings. The van der Waals surface area contributed by atoms with Gasteiger partial charge in [-0.3, -0.25) is 4.79 Å². The summed E-state index contributed by atoms with van der Waals surface area (Å²) in [4.78, 5) is 31.1. The highest BCUT2D eigenvalue weighted by Gasteiger charge is 2.15. The van der Waals surface area contributed by atoms with Crippen molar-refractivity contribution < 1.29 is 14.6 Å². The summed E-state index contributed by atoms with van der Waals surface area (Å²) in [6.07, 6.45) is 4.60. The van der Waals surface area contributed by atoms with Crippen molar-refractivity contribution in [3.05, 3.63) is 59.8 Å². The quantitative estimate of drug-likeness (QED) is 0.427. The summed E-state index contributed by atoms with van der Waals surface area (Å²) in [5.41, 5.74) is 3.29. The molecule has 0 aliphatic heterocycles. The van der Waals surface area contributed by atoms with Crippen LogP contribution in [0.2, 0.25) is 0 Å². The van der Waals surface area contributed by atoms with E-state index in [2.05, 4.69) is 25.3 Å². The monoisotopic (exact) mass is 458 g/mol. The van der Waals surface area contributed by atoms with Gasteiger partial charge in [0, 0.05) is 32.9 Å². The maximum Gasteiger partial charge on any atom is 0.255 e. The molecule has 4 heterocycles. The number of amides is 1. The number of ether oxygens (including phenoxy) is 1. The Hall–Kier alpha value is -4.56. The molecule has 0 radical (unpaired) electrons. The number of likely N-dealkylation sites (N-methyl/N-ethyl adjacent to an activating group) is 1. The minimum absolute atomic E-state index is 0.111. The minimum atomic E-state index is -0.230. The maximum atomic E-state index is 12.4. The Morgan fingerprint density at radius 2 is 2.09 bits per heavy atom. The van der Waals surface area contributed by atoms with Gasteiger partial charge in [-0.05, 0) is 30.7 Å². The SMILES string of the molecule is Cc1cc(C#N)ncc1Oc1cc(Nc2ccc(C(=O)N(C)CCO)cn2)c2ncn(C)c2n1. The van der Waals surface area contributed by atoms with Crippen LogP contribution in [0, 0.1) is 18.3 Å². The molecule has 0 aromatic carbocycles. The number of anilines is 2. The van der Waals surface area contributed by atoms with E-state index in [4.69, 9.17) is 15.1 Å². The van der Waals surface area contributed by atoms with Crippen molar-refractivity contribution in [2.75, 3.05) is 25.5 Å². The summed E-state index contributed by atoms with van der Waals surface area (Å²) in [6, 6.07) is 8.68. The molecule has 0 aliphatic carbocycles. The number of rotatable bonds is 7. The van der Waals surface area contributed by atoms with Gasteiger partial charge >= 0.3 is 0 Å². The fourth-order valence-corrected chi connectivity index (χ4v) is 3.25. The molecule has 0 saturated heterocycles. The fourth-order valence-electron chi connectivity index (χ4n) is 3.25. The van der Waals surface area contributed by atoms with Crippen LogP contribution in [0.5, 0.6) is 11.6 Å². The summed E-state index contributed by atoms with van der Waals surface area (Å²) in [5.74, 6) is 1.06. The molecule has 0 spiro atoms. The third kappa shape index (κ3) is 4.62. The van der Waals surface area contributed by atoms with Crippen molar-refractivity contribution in [3.8, 4) is 17.7 Å². The van der Waals surface area contributed by atoms with Gasteiger partial charge in [0.25, 0.3) is 5.91 Å². The molecule has 4 rings (SSSR count). The Balaban J connectivity index is 1.63. The molecular weight excluding hydrogens is 436 g/mol. The summed E-state index contributed by atoms with van der Waals surface area (Å²) < 4.78 is 7.73. The Morgan fingerprint density at radius 3 is 2.76 bits per heavy atom. The number of pyridine rings is 3. The van der Waals surface area contributed by atoms with E-state index in [1.165, 1.54) is 17.3 Å². The number of nitrogens with one attached hydrogen (secondary N) is 1. The van der Waals surface area contributed by atoms with Gasteiger partial charge in [0.15, 0.2) is 11.4 Å². The molecule has 4 aromatic heterocycles. The summed E-state index contributed by atoms with van der Waals surface area (Å²) in [6.45, 7) is 1.95. The fraction of sp³-hybridized carbons (Fsp3) is 0.217. The number of carbonyl (C=O) groups is 1. The zero-order valence-corrected chi connectivity index (χ0v) is 18.8. The molecule has 0 atom stereocenters. The highest BCUT2D eigenvalue weighted by molar-refractivity contribution is 5.94. The van der Waals surface area contributed by atoms with Gasteiger partial charge in [-0.25, -0.2) is 15.0 Å². The lowest BCUT2D eigenvalue weighted by atomic mass is 10.2. The van der Waals surface area contributed by atoms with E-state index in [1.54, 1.807) is 42.2 Å². The lowest BCUT2D eigenvalue weighted by molar-refractivity contribution is 0.0766. The van der Waals surface area contributed by atoms with Gasteiger partial charge in [0.1, 0.15) is 23.1 Å². The number of hydrogen-bond acceptors (Lipinski definition) is 9. The van der Waals surface area contributed by atoms with Crippen LogP contribution in [-0.4, -0.2) is 60.6 Å². The number of aliphatic hydroxyl groups excluding tert-OH is 1. The second-order valence-electron chi connectivity index (χ2n) is 7.59. The predicted octanol–water partition coefficient (Wildman–Crippen LogP) is 2.54. The third-order valence-corrected chi connectivity index (χ3v) is 5.09. The smallest absolute Gasteiger partial charge is 0.255 e. The zero-order chi connectivity index (χ0) is 24.2. The minimum Gasteiger partial charge on any atom is -0.437 e. The lowest BCUT2D eigenvalue weighted by Gasteiger charge is -2.15. The molecule has 34 heavy (non-hydrogen) atoms. The average Bonchev–Trinajstić information content (AvgIpc) is 3.21. The number of fused-ring (bicyclic) bond motifs is 1. The Bertz CT molecular complexity index is 1390. The Morgan fingerprint density at radius 1 is 1.26 bits per heavy atom. The predicted molar refractivity (Wildman–Crippen MR) is 124 cm³/mol. The molecule has 0 bridgehead atoms. The van der Waals surface area contributed by atoms with E-state index in [9.17, 15) is 4.79 Å². The topological polar surface area (TPSA) is 142 Å². The van der Waals surface area contributed by atoms with Gasteiger partial charge in [0.2, 0.25) is 5.88 Å². The number of nitriles is 1. The number of aromatic nitrogens is 5. The average molecular weight is 458 g/mol. The van der Waals surface area contributed by atoms with E-state index in [1.807, 2.05) is 20.0 Å². The summed E-state index contributed by atoms with van der Waals surface area (Å²) in [7, 11) is 3.44. The molecule has 11 nitrogen and oxygen atoms in total. The van der Waals surface area contributed by atoms with Gasteiger partial charge in [-0.1, -0.05) is 0 Å². The van der Waals surface area contributed by atoms with Crippen molar-refractivity contribution >= 4 is 28.6 Å². The van der Waals surface area contributed by atoms with E-state index in [0.29, 0.717) is 45.6 Å². The van der Waals surface area contributed by atoms with Crippen molar-refractivity contribution in [3.63, 3.8) is 0 Å². The summed E-state index contributed by atoms with van der Waals surface area (Å²) >= 11 is 0. The first-order valence-electron chi connectivity index (χ1n) is 10.4. The first-order valence-corrected chi connectivity index (χ1v) is 10.4. The van der Waals surface area contributed by atoms with Crippen molar-refractivity contribution in [1.82, 2.24) is 29.4 Å². The second kappa shape index (κ2) is 9.51. The molecule has 0 saturated carbocycles. The van der Waals surface area contributed by atoms with E-state index < -0.39 is 0 Å². The standard InChI is InChI=1S/C23H22N8O3/c1-14-8-16(10-24)25-12-18(14)34-20-9-17(21-22(29-20)31(3)13-27-21)28-19-5-4-15(11-26-19)23(33)30(2)6-7-32/h4-5,8-9,11-13,32H,6-7H2,1-3H3,(H,26,28,29). The second-order valence-corrected chi connectivity index (χ2v) is 7.59. The first-order chi connectivity index (χ1) is 16.4. The maximum absolute atomic E-state index is 12.4. The molecule has 2 N–H and O–H groups in total. The van der Waals surface area contributed by atoms with Gasteiger partial charge in [-0.2, -0.15) is 10.2 Å². The Kier molecular flexibility index (Phi) is 6.33. The van der Waals surface area contributed by atoms with Crippen molar-refractivity contribution in [1.29, 1.82) is 5.26 Å². The third-order valence-electron chi connectivity index (χ3n) is 5.09. The van der Waals surface area contributed by atoms with E-state index in [0.717, 1.165) is 5.56 Å². The molecule has 1 amide bonds. The van der Waals surface area contributed by atoms with Crippen LogP contribution in [0.1, 0.15) is 21.6 Å². The van der Waals surface area contributed by atoms with Crippen LogP contribution < -0.4 is 10.1 Å². The van der Waals surface area contributed by atoms with Gasteiger partial charge in [0.05, 0.1) is 30.4 Å². The highest BCUT2D eigenvalue weighted by atomic mass is 16.5. The molecular formula is C23H22N8O3. The van der Waals surface area contributed by atoms with Crippen LogP contribution in [0.25, 0.3) is 11.2 Å². The number of carbonyl (C=O) groups excluding carboxylic acids is 1. The molecule has 11 heteroatoms. The number of aryl methyl sites for hydroxylation is 2. The van der Waals surface area contributed by atoms with Crippen molar-refractivity contribution in [2.45, 2.75) is 6.92 Å². The molecule has 0 aliphatic rings. The number of imidazole rings is 1. The van der Waals surface area contributed by atoms with Crippen LogP contribution >= 0.6 is 0 Å². The number of nitrogens with zero attached hydrogens (tertiary/aromatic N) is 7. The van der Waals surface area contributed by atoms with Gasteiger partial charge < -0.3 is 24.6 Å². The van der Waals surface area contributed by atoms with E-state index >= 15 is 0 Å². The van der Waals surface area contributed by atoms with Crippen molar-refractivity contribution in [2.24, 2.45) is 7.05 Å². The Labute approximate surface area is 195 Å². The van der Waals surface area contributed by atoms with E-state index in [-0.39, 0.29) is 19.1 Å². The molecule has 0 unspecified atom stereocenters. The van der Waals surface area contributed by atoms with Crippen LogP contribution in [0.3, 0.4) is 0 Å². The van der Waals surface area contributed by atoms with Gasteiger partial charge in [-0.15, -0.1) is 0 Å². The van der Waals surface area contributed by atoms with Crippen LogP contribution in [0.4, 0.5) is 11.5 Å². The molecule has 172 valence electrons. The molecule has 0 fully saturated rings. The lowest BCUT2D eigenvalue weighted by Crippen LogP contribution is -2.29. The van der Waals surface area contributed by atoms with Crippen LogP contribution in [-0.2, 0) is 7.05 Å². The first kappa shape index (κ1) is 22.6.